The number of benzene rings is 9. The van der Waals surface area contributed by atoms with Gasteiger partial charge in [-0.05, 0) is 139 Å². The Morgan fingerprint density at radius 2 is 0.857 bits per heavy atom. The topological polar surface area (TPSA) is 16.3 Å². The van der Waals surface area contributed by atoms with Crippen molar-refractivity contribution in [3.63, 3.8) is 0 Å². The number of fused-ring (bicyclic) bond motifs is 6. The van der Waals surface area contributed by atoms with E-state index in [1.165, 1.54) is 71.8 Å². The molecule has 13 rings (SSSR count). The van der Waals surface area contributed by atoms with Crippen LogP contribution < -0.4 is 9.80 Å². The summed E-state index contributed by atoms with van der Waals surface area (Å²) >= 11 is 0. The van der Waals surface area contributed by atoms with Crippen molar-refractivity contribution in [2.45, 2.75) is 25.7 Å². The first-order valence-corrected chi connectivity index (χ1v) is 24.5. The molecular formula is C66H50N4. The summed E-state index contributed by atoms with van der Waals surface area (Å²) in [5.41, 5.74) is 19.0. The molecule has 0 bridgehead atoms. The van der Waals surface area contributed by atoms with Crippen LogP contribution in [0.2, 0.25) is 0 Å². The summed E-state index contributed by atoms with van der Waals surface area (Å²) in [7, 11) is 0. The molecule has 0 saturated carbocycles. The Kier molecular flexibility index (Phi) is 10.4. The zero-order chi connectivity index (χ0) is 46.4. The lowest BCUT2D eigenvalue weighted by Gasteiger charge is -2.30. The van der Waals surface area contributed by atoms with E-state index in [-0.39, 0.29) is 0 Å². The smallest absolute Gasteiger partial charge is 0.0561 e. The lowest BCUT2D eigenvalue weighted by atomic mass is 9.95. The van der Waals surface area contributed by atoms with Crippen molar-refractivity contribution in [1.82, 2.24) is 9.13 Å². The van der Waals surface area contributed by atoms with Gasteiger partial charge in [-0.25, -0.2) is 0 Å². The number of hydrogen-bond donors (Lipinski definition) is 0. The van der Waals surface area contributed by atoms with E-state index >= 15 is 0 Å². The number of anilines is 4. The van der Waals surface area contributed by atoms with Crippen molar-refractivity contribution >= 4 is 71.9 Å². The van der Waals surface area contributed by atoms with Gasteiger partial charge in [0.2, 0.25) is 0 Å². The first-order valence-electron chi connectivity index (χ1n) is 24.5. The van der Waals surface area contributed by atoms with E-state index in [0.29, 0.717) is 0 Å². The molecule has 0 N–H and O–H groups in total. The molecule has 334 valence electrons. The highest BCUT2D eigenvalue weighted by atomic mass is 15.2. The van der Waals surface area contributed by atoms with E-state index in [1.807, 2.05) is 0 Å². The maximum absolute atomic E-state index is 2.46. The minimum atomic E-state index is 0.936. The molecule has 4 heteroatoms. The minimum absolute atomic E-state index is 0.936. The Balaban J connectivity index is 0.953. The Hall–Kier alpha value is -8.86. The van der Waals surface area contributed by atoms with Crippen LogP contribution in [0.25, 0.3) is 71.7 Å². The summed E-state index contributed by atoms with van der Waals surface area (Å²) in [6, 6.07) is 82.1. The minimum Gasteiger partial charge on any atom is -0.314 e. The molecule has 2 heterocycles. The first kappa shape index (κ1) is 41.3. The molecule has 0 fully saturated rings. The summed E-state index contributed by atoms with van der Waals surface area (Å²) in [4.78, 5) is 4.87. The summed E-state index contributed by atoms with van der Waals surface area (Å²) in [6.45, 7) is 0. The van der Waals surface area contributed by atoms with Gasteiger partial charge in [-0.15, -0.1) is 0 Å². The number of aromatic nitrogens is 2. The summed E-state index contributed by atoms with van der Waals surface area (Å²) in [5, 5.41) is 4.92. The van der Waals surface area contributed by atoms with Crippen LogP contribution in [0.4, 0.5) is 22.7 Å². The van der Waals surface area contributed by atoms with Crippen LogP contribution in [0.5, 0.6) is 0 Å². The van der Waals surface area contributed by atoms with E-state index in [9.17, 15) is 0 Å². The SMILES string of the molecule is C1=CC(N(c2ccc(-c3ccccc3)cc2)c2ccc3c4ccccc4n(-c4cccc(-n5c6ccccc6c6ccc(N(C7=CC=C(c8ccccc8)CC7)c7ccccc7)cc65)c4)c3c2)=CCC1. The third kappa shape index (κ3) is 7.33. The lowest BCUT2D eigenvalue weighted by Crippen LogP contribution is -2.18. The van der Waals surface area contributed by atoms with Crippen LogP contribution in [0.15, 0.2) is 266 Å². The van der Waals surface area contributed by atoms with Crippen LogP contribution >= 0.6 is 0 Å². The molecular weight excluding hydrogens is 849 g/mol. The molecule has 0 saturated heterocycles. The van der Waals surface area contributed by atoms with Crippen molar-refractivity contribution in [2.24, 2.45) is 0 Å². The van der Waals surface area contributed by atoms with Gasteiger partial charge in [0.15, 0.2) is 0 Å². The Morgan fingerprint density at radius 1 is 0.343 bits per heavy atom. The normalized spacial score (nSPS) is 13.7. The highest BCUT2D eigenvalue weighted by molar-refractivity contribution is 6.12. The molecule has 0 spiro atoms. The van der Waals surface area contributed by atoms with Gasteiger partial charge in [0.1, 0.15) is 0 Å². The van der Waals surface area contributed by atoms with E-state index in [0.717, 1.165) is 65.3 Å². The van der Waals surface area contributed by atoms with Gasteiger partial charge in [-0.2, -0.15) is 0 Å². The van der Waals surface area contributed by atoms with Gasteiger partial charge in [0, 0.05) is 67.1 Å². The summed E-state index contributed by atoms with van der Waals surface area (Å²) < 4.78 is 4.92. The first-order chi connectivity index (χ1) is 34.7. The lowest BCUT2D eigenvalue weighted by molar-refractivity contribution is 0.930. The number of allylic oxidation sites excluding steroid dienone is 7. The second-order valence-corrected chi connectivity index (χ2v) is 18.4. The maximum Gasteiger partial charge on any atom is 0.0561 e. The average molecular weight is 899 g/mol. The van der Waals surface area contributed by atoms with Crippen molar-refractivity contribution in [3.8, 4) is 22.5 Å². The Bertz CT molecular complexity index is 3870. The van der Waals surface area contributed by atoms with Gasteiger partial charge < -0.3 is 18.9 Å². The fraction of sp³-hybridized carbons (Fsp3) is 0.0606. The molecule has 2 aliphatic rings. The van der Waals surface area contributed by atoms with Crippen molar-refractivity contribution in [3.05, 3.63) is 272 Å². The molecule has 0 radical (unpaired) electrons. The molecule has 2 aromatic heterocycles. The van der Waals surface area contributed by atoms with Crippen LogP contribution in [0.3, 0.4) is 0 Å². The molecule has 70 heavy (non-hydrogen) atoms. The third-order valence-electron chi connectivity index (χ3n) is 14.2. The van der Waals surface area contributed by atoms with Gasteiger partial charge >= 0.3 is 0 Å². The van der Waals surface area contributed by atoms with Crippen molar-refractivity contribution < 1.29 is 0 Å². The highest BCUT2D eigenvalue weighted by Gasteiger charge is 2.23. The summed E-state index contributed by atoms with van der Waals surface area (Å²) in [5.74, 6) is 0. The highest BCUT2D eigenvalue weighted by Crippen LogP contribution is 2.42. The van der Waals surface area contributed by atoms with Gasteiger partial charge in [0.05, 0.1) is 22.1 Å². The van der Waals surface area contributed by atoms with Crippen molar-refractivity contribution in [1.29, 1.82) is 0 Å². The second-order valence-electron chi connectivity index (χ2n) is 18.4. The molecule has 0 unspecified atom stereocenters. The predicted octanol–water partition coefficient (Wildman–Crippen LogP) is 17.8. The standard InChI is InChI=1S/C66H50N4/c1-5-18-47(19-6-1)49-32-36-53(37-33-49)67(51-22-9-3-10-23-51)57-40-42-61-59-28-13-15-30-63(59)69(65(61)45-57)55-26-17-27-56(44-55)70-64-31-16-14-29-60(64)62-43-41-58(46-66(62)70)68(52-24-11-4-12-25-52)54-38-34-50(35-39-54)48-20-7-2-8-21-48/h1-3,5-11,13-32,34-36,38-46H,4,12,33,37H2. The maximum atomic E-state index is 2.46. The molecule has 0 atom stereocenters. The van der Waals surface area contributed by atoms with E-state index in [2.05, 4.69) is 274 Å². The Morgan fingerprint density at radius 3 is 1.44 bits per heavy atom. The van der Waals surface area contributed by atoms with Gasteiger partial charge in [0.25, 0.3) is 0 Å². The van der Waals surface area contributed by atoms with Gasteiger partial charge in [-0.1, -0.05) is 164 Å². The van der Waals surface area contributed by atoms with Crippen molar-refractivity contribution in [2.75, 3.05) is 9.80 Å². The molecule has 11 aromatic rings. The fourth-order valence-corrected chi connectivity index (χ4v) is 10.9. The second kappa shape index (κ2) is 17.7. The van der Waals surface area contributed by atoms with E-state index < -0.39 is 0 Å². The quantitative estimate of drug-likeness (QED) is 0.136. The van der Waals surface area contributed by atoms with Crippen LogP contribution in [0, 0.1) is 0 Å². The monoisotopic (exact) mass is 898 g/mol. The number of rotatable bonds is 10. The average Bonchev–Trinajstić information content (AvgIpc) is 3.95. The molecule has 0 aliphatic heterocycles. The largest absolute Gasteiger partial charge is 0.314 e. The van der Waals surface area contributed by atoms with Gasteiger partial charge in [-0.3, -0.25) is 0 Å². The van der Waals surface area contributed by atoms with E-state index in [1.54, 1.807) is 0 Å². The van der Waals surface area contributed by atoms with Crippen LogP contribution in [0.1, 0.15) is 31.2 Å². The zero-order valence-corrected chi connectivity index (χ0v) is 38.9. The Labute approximate surface area is 408 Å². The van der Waals surface area contributed by atoms with Crippen LogP contribution in [-0.4, -0.2) is 9.13 Å². The predicted molar refractivity (Wildman–Crippen MR) is 296 cm³/mol. The molecule has 0 amide bonds. The molecule has 2 aliphatic carbocycles. The molecule has 9 aromatic carbocycles. The number of nitrogens with zero attached hydrogens (tertiary/aromatic N) is 4. The number of para-hydroxylation sites is 3. The zero-order valence-electron chi connectivity index (χ0n) is 38.9. The van der Waals surface area contributed by atoms with Crippen LogP contribution in [-0.2, 0) is 0 Å². The number of hydrogen-bond acceptors (Lipinski definition) is 2. The third-order valence-corrected chi connectivity index (χ3v) is 14.2. The molecule has 4 nitrogen and oxygen atoms in total. The van der Waals surface area contributed by atoms with E-state index in [4.69, 9.17) is 0 Å². The fourth-order valence-electron chi connectivity index (χ4n) is 10.9. The summed E-state index contributed by atoms with van der Waals surface area (Å²) in [6.07, 6.45) is 15.6.